The number of nitrogens with one attached hydrogen (secondary N) is 1. The summed E-state index contributed by atoms with van der Waals surface area (Å²) in [5.41, 5.74) is -0.513. The van der Waals surface area contributed by atoms with E-state index in [1.54, 1.807) is 0 Å². The molecule has 300 valence electrons. The molecule has 0 aliphatic rings. The van der Waals surface area contributed by atoms with Crippen LogP contribution in [0.25, 0.3) is 0 Å². The van der Waals surface area contributed by atoms with E-state index in [2.05, 4.69) is 21.2 Å². The first-order valence-corrected chi connectivity index (χ1v) is 18.6. The highest BCUT2D eigenvalue weighted by molar-refractivity contribution is 9.09. The molecule has 17 heteroatoms. The largest absolute Gasteiger partial charge is 0.444 e. The molecule has 0 unspecified atom stereocenters. The first-order valence-electron chi connectivity index (χ1n) is 17.5. The monoisotopic (exact) mass is 795 g/mol. The summed E-state index contributed by atoms with van der Waals surface area (Å²) in [4.78, 5) is 11.5. The van der Waals surface area contributed by atoms with Crippen LogP contribution in [0.3, 0.4) is 0 Å². The first kappa shape index (κ1) is 49.2. The number of amides is 1. The van der Waals surface area contributed by atoms with Crippen molar-refractivity contribution in [3.05, 3.63) is 0 Å². The van der Waals surface area contributed by atoms with Gasteiger partial charge in [0.15, 0.2) is 0 Å². The van der Waals surface area contributed by atoms with Crippen molar-refractivity contribution >= 4 is 22.0 Å². The number of rotatable bonds is 41. The van der Waals surface area contributed by atoms with Gasteiger partial charge in [0.1, 0.15) is 5.60 Å². The normalized spacial score (nSPS) is 11.8. The molecule has 16 nitrogen and oxygen atoms in total. The van der Waals surface area contributed by atoms with Gasteiger partial charge in [-0.2, -0.15) is 0 Å². The standard InChI is InChI=1S/C33H66BrNO15/c1-33(2,3)50-32(36)35-5-7-38-9-11-40-13-15-42-17-19-44-21-23-46-25-27-48-29-31-49-30-28-47-26-24-45-22-20-43-18-16-41-14-12-39-10-8-37-6-4-34/h4-31H2,1-3H3,(H,35,36). The zero-order valence-corrected chi connectivity index (χ0v) is 32.4. The van der Waals surface area contributed by atoms with Crippen LogP contribution in [0.2, 0.25) is 0 Å². The Morgan fingerprint density at radius 3 is 0.780 bits per heavy atom. The minimum atomic E-state index is -0.513. The Hall–Kier alpha value is -0.770. The number of hydrogen-bond acceptors (Lipinski definition) is 15. The zero-order valence-electron chi connectivity index (χ0n) is 30.8. The van der Waals surface area contributed by atoms with Gasteiger partial charge in [0.05, 0.1) is 172 Å². The molecule has 0 bridgehead atoms. The fourth-order valence-electron chi connectivity index (χ4n) is 3.34. The number of alkyl carbamates (subject to hydrolysis) is 1. The minimum Gasteiger partial charge on any atom is -0.444 e. The summed E-state index contributed by atoms with van der Waals surface area (Å²) >= 11 is 3.30. The Kier molecular flexibility index (Phi) is 40.4. The van der Waals surface area contributed by atoms with Crippen molar-refractivity contribution in [2.45, 2.75) is 26.4 Å². The summed E-state index contributed by atoms with van der Waals surface area (Å²) in [7, 11) is 0. The van der Waals surface area contributed by atoms with Gasteiger partial charge in [-0.25, -0.2) is 4.79 Å². The fourth-order valence-corrected chi connectivity index (χ4v) is 3.56. The third-order valence-electron chi connectivity index (χ3n) is 5.60. The molecular weight excluding hydrogens is 730 g/mol. The molecule has 0 aromatic carbocycles. The summed E-state index contributed by atoms with van der Waals surface area (Å²) in [5.74, 6) is 0. The molecule has 0 aliphatic heterocycles. The topological polar surface area (TPSA) is 158 Å². The van der Waals surface area contributed by atoms with E-state index >= 15 is 0 Å². The lowest BCUT2D eigenvalue weighted by Gasteiger charge is -2.19. The molecule has 0 spiro atoms. The van der Waals surface area contributed by atoms with E-state index in [0.29, 0.717) is 178 Å². The number of alkyl halides is 1. The molecule has 1 N–H and O–H groups in total. The summed E-state index contributed by atoms with van der Waals surface area (Å²) in [6, 6.07) is 0. The predicted molar refractivity (Wildman–Crippen MR) is 189 cm³/mol. The average Bonchev–Trinajstić information content (AvgIpc) is 3.08. The second kappa shape index (κ2) is 41.0. The van der Waals surface area contributed by atoms with Crippen LogP contribution in [0.1, 0.15) is 20.8 Å². The van der Waals surface area contributed by atoms with Gasteiger partial charge < -0.3 is 71.6 Å². The quantitative estimate of drug-likeness (QED) is 0.0709. The van der Waals surface area contributed by atoms with Gasteiger partial charge in [-0.15, -0.1) is 0 Å². The van der Waals surface area contributed by atoms with Gasteiger partial charge in [0, 0.05) is 11.9 Å². The van der Waals surface area contributed by atoms with Crippen LogP contribution in [0.15, 0.2) is 0 Å². The van der Waals surface area contributed by atoms with Crippen molar-refractivity contribution in [1.82, 2.24) is 5.32 Å². The number of carbonyl (C=O) groups excluding carboxylic acids is 1. The highest BCUT2D eigenvalue weighted by Crippen LogP contribution is 2.06. The molecule has 0 saturated carbocycles. The molecule has 0 heterocycles. The van der Waals surface area contributed by atoms with Gasteiger partial charge in [-0.3, -0.25) is 0 Å². The van der Waals surface area contributed by atoms with Crippen LogP contribution in [0.5, 0.6) is 0 Å². The van der Waals surface area contributed by atoms with Crippen LogP contribution in [-0.4, -0.2) is 195 Å². The summed E-state index contributed by atoms with van der Waals surface area (Å²) in [6.07, 6.45) is -0.453. The van der Waals surface area contributed by atoms with E-state index in [-0.39, 0.29) is 0 Å². The van der Waals surface area contributed by atoms with E-state index in [9.17, 15) is 4.79 Å². The number of halogens is 1. The van der Waals surface area contributed by atoms with E-state index in [1.165, 1.54) is 0 Å². The Labute approximate surface area is 308 Å². The SMILES string of the molecule is CC(C)(C)OC(=O)NCCOCCOCCOCCOCCOCCOCCOCCOCCOCCOCCOCCOCCOCCBr. The van der Waals surface area contributed by atoms with Crippen molar-refractivity contribution in [3.63, 3.8) is 0 Å². The maximum atomic E-state index is 11.5. The Morgan fingerprint density at radius 2 is 0.580 bits per heavy atom. The smallest absolute Gasteiger partial charge is 0.407 e. The van der Waals surface area contributed by atoms with Crippen molar-refractivity contribution in [2.75, 3.05) is 184 Å². The molecule has 1 amide bonds. The number of carbonyl (C=O) groups is 1. The maximum absolute atomic E-state index is 11.5. The van der Waals surface area contributed by atoms with Crippen LogP contribution >= 0.6 is 15.9 Å². The summed E-state index contributed by atoms with van der Waals surface area (Å²) in [6.45, 7) is 19.0. The molecule has 0 rings (SSSR count). The maximum Gasteiger partial charge on any atom is 0.407 e. The van der Waals surface area contributed by atoms with Crippen molar-refractivity contribution in [3.8, 4) is 0 Å². The molecule has 50 heavy (non-hydrogen) atoms. The van der Waals surface area contributed by atoms with E-state index in [0.717, 1.165) is 5.33 Å². The minimum absolute atomic E-state index is 0.381. The Balaban J connectivity index is 3.09. The predicted octanol–water partition coefficient (Wildman–Crippen LogP) is 2.12. The third-order valence-corrected chi connectivity index (χ3v) is 5.92. The van der Waals surface area contributed by atoms with Crippen molar-refractivity contribution < 1.29 is 71.1 Å². The molecule has 0 atom stereocenters. The van der Waals surface area contributed by atoms with Crippen LogP contribution in [0, 0.1) is 0 Å². The van der Waals surface area contributed by atoms with Crippen molar-refractivity contribution in [1.29, 1.82) is 0 Å². The lowest BCUT2D eigenvalue weighted by Crippen LogP contribution is -2.34. The van der Waals surface area contributed by atoms with Crippen LogP contribution in [0.4, 0.5) is 4.79 Å². The molecule has 0 aromatic rings. The van der Waals surface area contributed by atoms with E-state index in [4.69, 9.17) is 66.3 Å². The first-order chi connectivity index (χ1) is 24.5. The highest BCUT2D eigenvalue weighted by Gasteiger charge is 2.15. The van der Waals surface area contributed by atoms with Crippen molar-refractivity contribution in [2.24, 2.45) is 0 Å². The molecule has 0 aliphatic carbocycles. The second-order valence-electron chi connectivity index (χ2n) is 11.1. The van der Waals surface area contributed by atoms with E-state index < -0.39 is 11.7 Å². The summed E-state index contributed by atoms with van der Waals surface area (Å²) in [5, 5.41) is 3.46. The van der Waals surface area contributed by atoms with E-state index in [1.807, 2.05) is 20.8 Å². The number of ether oxygens (including phenoxy) is 14. The lowest BCUT2D eigenvalue weighted by atomic mass is 10.2. The zero-order chi connectivity index (χ0) is 36.5. The average molecular weight is 797 g/mol. The molecule has 0 radical (unpaired) electrons. The molecule has 0 fully saturated rings. The van der Waals surface area contributed by atoms with Gasteiger partial charge in [0.25, 0.3) is 0 Å². The van der Waals surface area contributed by atoms with Gasteiger partial charge in [0.2, 0.25) is 0 Å². The molecular formula is C33H66BrNO15. The summed E-state index contributed by atoms with van der Waals surface area (Å²) < 4.78 is 75.9. The fraction of sp³-hybridized carbons (Fsp3) is 0.970. The van der Waals surface area contributed by atoms with Gasteiger partial charge in [-0.05, 0) is 20.8 Å². The van der Waals surface area contributed by atoms with Gasteiger partial charge >= 0.3 is 6.09 Å². The molecule has 0 saturated heterocycles. The Bertz CT molecular complexity index is 680. The third kappa shape index (κ3) is 45.3. The molecule has 0 aromatic heterocycles. The van der Waals surface area contributed by atoms with Crippen LogP contribution in [-0.2, 0) is 66.3 Å². The van der Waals surface area contributed by atoms with Crippen LogP contribution < -0.4 is 5.32 Å². The highest BCUT2D eigenvalue weighted by atomic mass is 79.9. The number of hydrogen-bond donors (Lipinski definition) is 1. The Morgan fingerprint density at radius 1 is 0.380 bits per heavy atom. The lowest BCUT2D eigenvalue weighted by molar-refractivity contribution is -0.0289. The second-order valence-corrected chi connectivity index (χ2v) is 11.9. The van der Waals surface area contributed by atoms with Gasteiger partial charge in [-0.1, -0.05) is 15.9 Å².